The van der Waals surface area contributed by atoms with Gasteiger partial charge in [-0.05, 0) is 18.9 Å². The lowest BCUT2D eigenvalue weighted by Gasteiger charge is -2.30. The molecule has 0 N–H and O–H groups in total. The van der Waals surface area contributed by atoms with Crippen molar-refractivity contribution in [2.24, 2.45) is 0 Å². The normalized spacial score (nSPS) is 25.6. The molecule has 0 saturated carbocycles. The second-order valence-electron chi connectivity index (χ2n) is 5.24. The van der Waals surface area contributed by atoms with E-state index in [0.29, 0.717) is 22.8 Å². The second kappa shape index (κ2) is 5.50. The fourth-order valence-electron chi connectivity index (χ4n) is 3.05. The number of rotatable bonds is 1. The summed E-state index contributed by atoms with van der Waals surface area (Å²) in [5.74, 6) is 0. The van der Waals surface area contributed by atoms with Gasteiger partial charge in [0.2, 0.25) is 5.71 Å². The summed E-state index contributed by atoms with van der Waals surface area (Å²) in [7, 11) is 0. The van der Waals surface area contributed by atoms with E-state index in [0.717, 1.165) is 18.6 Å². The Morgan fingerprint density at radius 3 is 2.80 bits per heavy atom. The molecule has 5 heterocycles. The molecule has 0 unspecified atom stereocenters. The Balaban J connectivity index is 0.00000121. The summed E-state index contributed by atoms with van der Waals surface area (Å²) in [5, 5.41) is 0.593. The van der Waals surface area contributed by atoms with Crippen LogP contribution in [0.4, 0.5) is 6.01 Å². The number of hydrogen-bond acceptors (Lipinski definition) is 5. The van der Waals surface area contributed by atoms with E-state index >= 15 is 0 Å². The van der Waals surface area contributed by atoms with Crippen molar-refractivity contribution in [3.63, 3.8) is 0 Å². The number of halogens is 2. The SMILES string of the molecule is Br.Clc1cnc2oc(N3CCN4CCC3CC4)nc2c1. The molecule has 0 atom stereocenters. The van der Waals surface area contributed by atoms with E-state index in [1.54, 1.807) is 12.3 Å². The van der Waals surface area contributed by atoms with Gasteiger partial charge in [-0.25, -0.2) is 4.98 Å². The number of pyridine rings is 1. The van der Waals surface area contributed by atoms with E-state index in [2.05, 4.69) is 19.8 Å². The Bertz CT molecular complexity index is 611. The molecule has 2 bridgehead atoms. The highest BCUT2D eigenvalue weighted by Crippen LogP contribution is 2.28. The zero-order valence-corrected chi connectivity index (χ0v) is 13.4. The molecule has 0 radical (unpaired) electrons. The van der Waals surface area contributed by atoms with E-state index in [1.807, 2.05) is 0 Å². The first-order valence-electron chi connectivity index (χ1n) is 6.71. The van der Waals surface area contributed by atoms with Crippen LogP contribution >= 0.6 is 28.6 Å². The number of aromatic nitrogens is 2. The van der Waals surface area contributed by atoms with Gasteiger partial charge in [-0.1, -0.05) is 11.6 Å². The number of nitrogens with zero attached hydrogens (tertiary/aromatic N) is 4. The van der Waals surface area contributed by atoms with Gasteiger partial charge in [0.05, 0.1) is 5.02 Å². The predicted molar refractivity (Wildman–Crippen MR) is 83.9 cm³/mol. The summed E-state index contributed by atoms with van der Waals surface area (Å²) in [6.07, 6.45) is 3.97. The molecule has 108 valence electrons. The van der Waals surface area contributed by atoms with Crippen molar-refractivity contribution < 1.29 is 4.42 Å². The number of piperidine rings is 1. The van der Waals surface area contributed by atoms with Crippen LogP contribution in [0.5, 0.6) is 0 Å². The lowest BCUT2D eigenvalue weighted by molar-refractivity contribution is 0.249. The molecule has 0 amide bonds. The summed E-state index contributed by atoms with van der Waals surface area (Å²) in [6, 6.07) is 3.04. The molecule has 7 heteroatoms. The monoisotopic (exact) mass is 358 g/mol. The van der Waals surface area contributed by atoms with Gasteiger partial charge in [0.15, 0.2) is 0 Å². The van der Waals surface area contributed by atoms with Gasteiger partial charge in [0, 0.05) is 38.4 Å². The maximum absolute atomic E-state index is 5.94. The first-order chi connectivity index (χ1) is 9.29. The minimum Gasteiger partial charge on any atom is -0.404 e. The van der Waals surface area contributed by atoms with Crippen molar-refractivity contribution in [1.29, 1.82) is 0 Å². The molecule has 0 aliphatic carbocycles. The average Bonchev–Trinajstić information content (AvgIpc) is 2.61. The fourth-order valence-corrected chi connectivity index (χ4v) is 3.20. The molecule has 5 nitrogen and oxygen atoms in total. The fraction of sp³-hybridized carbons (Fsp3) is 0.538. The maximum atomic E-state index is 5.94. The molecule has 3 saturated heterocycles. The molecule has 0 spiro atoms. The number of hydrogen-bond donors (Lipinski definition) is 0. The third-order valence-corrected chi connectivity index (χ3v) is 4.31. The van der Waals surface area contributed by atoms with Gasteiger partial charge in [0.1, 0.15) is 5.52 Å². The van der Waals surface area contributed by atoms with E-state index in [9.17, 15) is 0 Å². The van der Waals surface area contributed by atoms with Gasteiger partial charge < -0.3 is 14.2 Å². The minimum absolute atomic E-state index is 0. The first kappa shape index (κ1) is 14.1. The number of oxazole rings is 1. The Kier molecular flexibility index (Phi) is 3.88. The highest BCUT2D eigenvalue weighted by molar-refractivity contribution is 8.93. The zero-order valence-electron chi connectivity index (χ0n) is 11.0. The van der Waals surface area contributed by atoms with Gasteiger partial charge in [-0.15, -0.1) is 17.0 Å². The van der Waals surface area contributed by atoms with E-state index in [1.165, 1.54) is 25.9 Å². The summed E-state index contributed by atoms with van der Waals surface area (Å²) >= 11 is 5.94. The average molecular weight is 360 g/mol. The van der Waals surface area contributed by atoms with Gasteiger partial charge >= 0.3 is 0 Å². The minimum atomic E-state index is 0. The summed E-state index contributed by atoms with van der Waals surface area (Å²) < 4.78 is 5.80. The highest BCUT2D eigenvalue weighted by Gasteiger charge is 2.31. The first-order valence-corrected chi connectivity index (χ1v) is 7.08. The summed E-state index contributed by atoms with van der Waals surface area (Å²) in [6.45, 7) is 4.44. The van der Waals surface area contributed by atoms with Crippen LogP contribution in [0.3, 0.4) is 0 Å². The molecular weight excluding hydrogens is 344 g/mol. The number of anilines is 1. The molecule has 3 aliphatic heterocycles. The maximum Gasteiger partial charge on any atom is 0.300 e. The quantitative estimate of drug-likeness (QED) is 0.783. The lowest BCUT2D eigenvalue weighted by atomic mass is 10.1. The van der Waals surface area contributed by atoms with Crippen LogP contribution in [0.25, 0.3) is 11.2 Å². The Morgan fingerprint density at radius 2 is 2.00 bits per heavy atom. The third kappa shape index (κ3) is 2.40. The molecule has 2 aromatic rings. The van der Waals surface area contributed by atoms with Crippen molar-refractivity contribution in [2.45, 2.75) is 18.9 Å². The van der Waals surface area contributed by atoms with E-state index in [4.69, 9.17) is 16.0 Å². The molecule has 2 aromatic heterocycles. The molecule has 3 fully saturated rings. The molecular formula is C13H16BrClN4O. The van der Waals surface area contributed by atoms with Crippen molar-refractivity contribution in [1.82, 2.24) is 14.9 Å². The second-order valence-corrected chi connectivity index (χ2v) is 5.68. The number of fused-ring (bicyclic) bond motifs is 5. The van der Waals surface area contributed by atoms with Crippen molar-refractivity contribution in [3.05, 3.63) is 17.3 Å². The standard InChI is InChI=1S/C13H15ClN4O.BrH/c14-9-7-11-12(15-8-9)19-13(16-11)18-6-5-17-3-1-10(18)2-4-17;/h7-8,10H,1-6H2;1H. The van der Waals surface area contributed by atoms with Crippen LogP contribution in [0.15, 0.2) is 16.7 Å². The third-order valence-electron chi connectivity index (χ3n) is 4.10. The van der Waals surface area contributed by atoms with Gasteiger partial charge in [0.25, 0.3) is 6.01 Å². The summed E-state index contributed by atoms with van der Waals surface area (Å²) in [4.78, 5) is 13.5. The largest absolute Gasteiger partial charge is 0.404 e. The predicted octanol–water partition coefficient (Wildman–Crippen LogP) is 2.74. The van der Waals surface area contributed by atoms with Crippen LogP contribution in [0.1, 0.15) is 12.8 Å². The molecule has 20 heavy (non-hydrogen) atoms. The lowest BCUT2D eigenvalue weighted by Crippen LogP contribution is -2.38. The van der Waals surface area contributed by atoms with Crippen molar-refractivity contribution in [3.8, 4) is 0 Å². The zero-order chi connectivity index (χ0) is 12.8. The van der Waals surface area contributed by atoms with E-state index < -0.39 is 0 Å². The van der Waals surface area contributed by atoms with Crippen LogP contribution in [-0.2, 0) is 0 Å². The molecule has 0 aromatic carbocycles. The van der Waals surface area contributed by atoms with E-state index in [-0.39, 0.29) is 17.0 Å². The summed E-state index contributed by atoms with van der Waals surface area (Å²) in [5.41, 5.74) is 1.31. The van der Waals surface area contributed by atoms with Crippen LogP contribution < -0.4 is 4.90 Å². The molecule has 5 rings (SSSR count). The Hall–Kier alpha value is -0.850. The van der Waals surface area contributed by atoms with Crippen LogP contribution in [0, 0.1) is 0 Å². The van der Waals surface area contributed by atoms with Gasteiger partial charge in [-0.2, -0.15) is 4.98 Å². The van der Waals surface area contributed by atoms with Crippen LogP contribution in [0.2, 0.25) is 5.02 Å². The Labute approximate surface area is 132 Å². The smallest absolute Gasteiger partial charge is 0.300 e. The van der Waals surface area contributed by atoms with Crippen molar-refractivity contribution >= 4 is 45.8 Å². The molecule has 3 aliphatic rings. The topological polar surface area (TPSA) is 45.4 Å². The Morgan fingerprint density at radius 1 is 1.20 bits per heavy atom. The van der Waals surface area contributed by atoms with Crippen molar-refractivity contribution in [2.75, 3.05) is 31.1 Å². The highest BCUT2D eigenvalue weighted by atomic mass is 79.9. The van der Waals surface area contributed by atoms with Gasteiger partial charge in [-0.3, -0.25) is 0 Å². The van der Waals surface area contributed by atoms with Crippen LogP contribution in [-0.4, -0.2) is 47.1 Å².